The number of anilines is 1. The Hall–Kier alpha value is -1.55. The molecule has 2 aliphatic rings. The average Bonchev–Trinajstić information content (AvgIpc) is 2.87. The first kappa shape index (κ1) is 13.4. The molecular weight excluding hydrogens is 276 g/mol. The molecule has 0 aliphatic carbocycles. The first-order chi connectivity index (χ1) is 9.58. The van der Waals surface area contributed by atoms with Crippen molar-refractivity contribution in [2.24, 2.45) is 0 Å². The molecule has 2 fully saturated rings. The number of nitrogens with zero attached hydrogens (tertiary/aromatic N) is 2. The molecular formula is C15H17ClN2O2. The molecule has 0 spiro atoms. The van der Waals surface area contributed by atoms with E-state index in [0.29, 0.717) is 24.5 Å². The second-order valence-electron chi connectivity index (χ2n) is 5.44. The highest BCUT2D eigenvalue weighted by Gasteiger charge is 2.40. The van der Waals surface area contributed by atoms with Gasteiger partial charge in [0.2, 0.25) is 11.8 Å². The third kappa shape index (κ3) is 2.18. The lowest BCUT2D eigenvalue weighted by Gasteiger charge is -2.26. The van der Waals surface area contributed by atoms with E-state index in [1.54, 1.807) is 15.9 Å². The van der Waals surface area contributed by atoms with Crippen LogP contribution in [-0.2, 0) is 9.59 Å². The molecule has 4 nitrogen and oxygen atoms in total. The summed E-state index contributed by atoms with van der Waals surface area (Å²) in [6.07, 6.45) is 2.02. The van der Waals surface area contributed by atoms with Gasteiger partial charge in [-0.1, -0.05) is 17.7 Å². The van der Waals surface area contributed by atoms with Gasteiger partial charge in [0.25, 0.3) is 0 Å². The molecule has 1 aromatic rings. The highest BCUT2D eigenvalue weighted by atomic mass is 35.5. The number of hydrogen-bond acceptors (Lipinski definition) is 2. The van der Waals surface area contributed by atoms with E-state index in [-0.39, 0.29) is 17.9 Å². The van der Waals surface area contributed by atoms with Crippen LogP contribution in [0.2, 0.25) is 5.02 Å². The van der Waals surface area contributed by atoms with Crippen LogP contribution in [0.5, 0.6) is 0 Å². The first-order valence-corrected chi connectivity index (χ1v) is 7.33. The fourth-order valence-corrected chi connectivity index (χ4v) is 3.25. The van der Waals surface area contributed by atoms with E-state index in [0.717, 1.165) is 24.1 Å². The molecule has 2 saturated heterocycles. The Morgan fingerprint density at radius 3 is 2.85 bits per heavy atom. The summed E-state index contributed by atoms with van der Waals surface area (Å²) in [5, 5.41) is 0.558. The van der Waals surface area contributed by atoms with Crippen molar-refractivity contribution in [2.45, 2.75) is 32.2 Å². The van der Waals surface area contributed by atoms with E-state index >= 15 is 0 Å². The van der Waals surface area contributed by atoms with Gasteiger partial charge in [-0.15, -0.1) is 0 Å². The maximum absolute atomic E-state index is 12.7. The minimum Gasteiger partial charge on any atom is -0.331 e. The van der Waals surface area contributed by atoms with Crippen molar-refractivity contribution in [3.63, 3.8) is 0 Å². The minimum absolute atomic E-state index is 0.000787. The highest BCUT2D eigenvalue weighted by molar-refractivity contribution is 6.34. The smallest absolute Gasteiger partial charge is 0.249 e. The van der Waals surface area contributed by atoms with E-state index in [9.17, 15) is 9.59 Å². The van der Waals surface area contributed by atoms with Gasteiger partial charge in [-0.3, -0.25) is 9.59 Å². The van der Waals surface area contributed by atoms with E-state index in [1.807, 2.05) is 19.1 Å². The SMILES string of the molecule is Cc1ccc(Cl)c(N2CCC(=O)N3CCCC3C2=O)c1. The van der Waals surface area contributed by atoms with Crippen LogP contribution >= 0.6 is 11.6 Å². The molecule has 1 atom stereocenters. The summed E-state index contributed by atoms with van der Waals surface area (Å²) in [4.78, 5) is 28.2. The molecule has 0 radical (unpaired) electrons. The quantitative estimate of drug-likeness (QED) is 0.797. The van der Waals surface area contributed by atoms with E-state index < -0.39 is 0 Å². The van der Waals surface area contributed by atoms with Crippen LogP contribution in [0.25, 0.3) is 0 Å². The van der Waals surface area contributed by atoms with E-state index in [1.165, 1.54) is 0 Å². The van der Waals surface area contributed by atoms with Gasteiger partial charge in [0.05, 0.1) is 10.7 Å². The molecule has 5 heteroatoms. The largest absolute Gasteiger partial charge is 0.331 e. The summed E-state index contributed by atoms with van der Waals surface area (Å²) in [7, 11) is 0. The standard InChI is InChI=1S/C15H17ClN2O2/c1-10-4-5-11(16)13(9-10)18-8-6-14(19)17-7-2-3-12(17)15(18)20/h4-5,9,12H,2-3,6-8H2,1H3. The van der Waals surface area contributed by atoms with Crippen LogP contribution in [-0.4, -0.2) is 35.8 Å². The van der Waals surface area contributed by atoms with Gasteiger partial charge in [0.15, 0.2) is 0 Å². The molecule has 3 rings (SSSR count). The molecule has 0 saturated carbocycles. The van der Waals surface area contributed by atoms with Crippen LogP contribution in [0.4, 0.5) is 5.69 Å². The Bertz CT molecular complexity index is 573. The second kappa shape index (κ2) is 5.09. The topological polar surface area (TPSA) is 40.6 Å². The van der Waals surface area contributed by atoms with Crippen molar-refractivity contribution < 1.29 is 9.59 Å². The highest BCUT2D eigenvalue weighted by Crippen LogP contribution is 2.31. The second-order valence-corrected chi connectivity index (χ2v) is 5.85. The van der Waals surface area contributed by atoms with Gasteiger partial charge in [0, 0.05) is 19.5 Å². The number of carbonyl (C=O) groups excluding carboxylic acids is 2. The summed E-state index contributed by atoms with van der Waals surface area (Å²) in [6, 6.07) is 5.33. The van der Waals surface area contributed by atoms with Crippen molar-refractivity contribution in [3.05, 3.63) is 28.8 Å². The molecule has 2 aliphatic heterocycles. The van der Waals surface area contributed by atoms with Gasteiger partial charge in [-0.25, -0.2) is 0 Å². The number of carbonyl (C=O) groups is 2. The van der Waals surface area contributed by atoms with Gasteiger partial charge in [-0.2, -0.15) is 0 Å². The number of amides is 2. The van der Waals surface area contributed by atoms with Gasteiger partial charge in [-0.05, 0) is 37.5 Å². The Morgan fingerprint density at radius 2 is 2.05 bits per heavy atom. The number of halogens is 1. The van der Waals surface area contributed by atoms with E-state index in [4.69, 9.17) is 11.6 Å². The zero-order valence-electron chi connectivity index (χ0n) is 11.4. The zero-order chi connectivity index (χ0) is 14.3. The molecule has 0 bridgehead atoms. The van der Waals surface area contributed by atoms with Crippen LogP contribution in [0.15, 0.2) is 18.2 Å². The van der Waals surface area contributed by atoms with Crippen molar-refractivity contribution in [1.82, 2.24) is 4.90 Å². The Balaban J connectivity index is 1.98. The zero-order valence-corrected chi connectivity index (χ0v) is 12.2. The van der Waals surface area contributed by atoms with Crippen LogP contribution in [0.3, 0.4) is 0 Å². The number of aryl methyl sites for hydroxylation is 1. The summed E-state index contributed by atoms with van der Waals surface area (Å²) in [6.45, 7) is 3.08. The third-order valence-electron chi connectivity index (χ3n) is 4.07. The van der Waals surface area contributed by atoms with Gasteiger partial charge in [0.1, 0.15) is 6.04 Å². The maximum Gasteiger partial charge on any atom is 0.249 e. The normalized spacial score (nSPS) is 23.0. The monoisotopic (exact) mass is 292 g/mol. The van der Waals surface area contributed by atoms with Crippen molar-refractivity contribution in [1.29, 1.82) is 0 Å². The molecule has 0 aromatic heterocycles. The molecule has 1 unspecified atom stereocenters. The fraction of sp³-hybridized carbons (Fsp3) is 0.467. The molecule has 2 amide bonds. The molecule has 1 aromatic carbocycles. The summed E-state index contributed by atoms with van der Waals surface area (Å²) >= 11 is 6.24. The predicted molar refractivity (Wildman–Crippen MR) is 77.9 cm³/mol. The van der Waals surface area contributed by atoms with Crippen LogP contribution in [0, 0.1) is 6.92 Å². The van der Waals surface area contributed by atoms with Crippen LogP contribution < -0.4 is 4.90 Å². The number of rotatable bonds is 1. The molecule has 0 N–H and O–H groups in total. The number of benzene rings is 1. The number of fused-ring (bicyclic) bond motifs is 1. The van der Waals surface area contributed by atoms with Gasteiger partial charge >= 0.3 is 0 Å². The lowest BCUT2D eigenvalue weighted by atomic mass is 10.1. The number of hydrogen-bond donors (Lipinski definition) is 0. The van der Waals surface area contributed by atoms with Crippen molar-refractivity contribution in [2.75, 3.05) is 18.0 Å². The Morgan fingerprint density at radius 1 is 1.25 bits per heavy atom. The third-order valence-corrected chi connectivity index (χ3v) is 4.39. The summed E-state index contributed by atoms with van der Waals surface area (Å²) in [5.41, 5.74) is 1.77. The Labute approximate surface area is 123 Å². The average molecular weight is 293 g/mol. The fourth-order valence-electron chi connectivity index (χ4n) is 3.03. The predicted octanol–water partition coefficient (Wildman–Crippen LogP) is 2.38. The molecule has 20 heavy (non-hydrogen) atoms. The lowest BCUT2D eigenvalue weighted by Crippen LogP contribution is -2.43. The lowest BCUT2D eigenvalue weighted by molar-refractivity contribution is -0.135. The first-order valence-electron chi connectivity index (χ1n) is 6.95. The maximum atomic E-state index is 12.7. The van der Waals surface area contributed by atoms with Gasteiger partial charge < -0.3 is 9.80 Å². The summed E-state index contributed by atoms with van der Waals surface area (Å²) in [5.74, 6) is 0.0768. The van der Waals surface area contributed by atoms with Crippen molar-refractivity contribution in [3.8, 4) is 0 Å². The summed E-state index contributed by atoms with van der Waals surface area (Å²) < 4.78 is 0. The van der Waals surface area contributed by atoms with Crippen molar-refractivity contribution >= 4 is 29.1 Å². The minimum atomic E-state index is -0.304. The van der Waals surface area contributed by atoms with Crippen LogP contribution in [0.1, 0.15) is 24.8 Å². The molecule has 106 valence electrons. The van der Waals surface area contributed by atoms with E-state index in [2.05, 4.69) is 0 Å². The Kier molecular flexibility index (Phi) is 3.42. The molecule has 2 heterocycles.